The van der Waals surface area contributed by atoms with Gasteiger partial charge in [-0.25, -0.2) is 0 Å². The Morgan fingerprint density at radius 2 is 1.08 bits per heavy atom. The van der Waals surface area contributed by atoms with E-state index in [-0.39, 0.29) is 0 Å². The molecule has 0 aromatic carbocycles. The van der Waals surface area contributed by atoms with Crippen LogP contribution in [0.4, 0.5) is 0 Å². The van der Waals surface area contributed by atoms with Gasteiger partial charge in [-0.15, -0.1) is 0 Å². The number of hydrogen-bond acceptors (Lipinski definition) is 2. The van der Waals surface area contributed by atoms with Crippen molar-refractivity contribution in [1.29, 1.82) is 0 Å². The van der Waals surface area contributed by atoms with Crippen molar-refractivity contribution in [3.63, 3.8) is 0 Å². The quantitative estimate of drug-likeness (QED) is 0.319. The molecular weight excluding hydrogens is 316 g/mol. The highest BCUT2D eigenvalue weighted by Crippen LogP contribution is 2.20. The largest absolute Gasteiger partial charge is 0.302 e. The van der Waals surface area contributed by atoms with Gasteiger partial charge >= 0.3 is 0 Å². The molecule has 2 saturated heterocycles. The zero-order chi connectivity index (χ0) is 18.3. The molecule has 0 N–H and O–H groups in total. The average molecular weight is 365 g/mol. The summed E-state index contributed by atoms with van der Waals surface area (Å²) < 4.78 is 0. The van der Waals surface area contributed by atoms with E-state index < -0.39 is 0 Å². The van der Waals surface area contributed by atoms with Crippen molar-refractivity contribution in [3.05, 3.63) is 0 Å². The van der Waals surface area contributed by atoms with Crippen molar-refractivity contribution in [3.8, 4) is 0 Å². The summed E-state index contributed by atoms with van der Waals surface area (Å²) in [6.07, 6.45) is 24.7. The highest BCUT2D eigenvalue weighted by molar-refractivity contribution is 4.79. The molecule has 0 radical (unpaired) electrons. The van der Waals surface area contributed by atoms with E-state index in [2.05, 4.69) is 16.7 Å². The predicted octanol–water partition coefficient (Wildman–Crippen LogP) is 6.64. The predicted molar refractivity (Wildman–Crippen MR) is 116 cm³/mol. The summed E-state index contributed by atoms with van der Waals surface area (Å²) in [5, 5.41) is 0. The van der Waals surface area contributed by atoms with Crippen LogP contribution in [0.15, 0.2) is 0 Å². The molecule has 2 nitrogen and oxygen atoms in total. The molecule has 2 aliphatic heterocycles. The Bertz CT molecular complexity index is 305. The van der Waals surface area contributed by atoms with Crippen molar-refractivity contribution >= 4 is 0 Å². The molecule has 0 aromatic heterocycles. The summed E-state index contributed by atoms with van der Waals surface area (Å²) >= 11 is 0. The molecule has 1 atom stereocenters. The van der Waals surface area contributed by atoms with E-state index in [1.54, 1.807) is 0 Å². The zero-order valence-corrected chi connectivity index (χ0v) is 18.0. The Hall–Kier alpha value is -0.0800. The summed E-state index contributed by atoms with van der Waals surface area (Å²) in [4.78, 5) is 5.63. The first kappa shape index (κ1) is 22.2. The normalized spacial score (nSPS) is 21.1. The molecule has 26 heavy (non-hydrogen) atoms. The first-order valence-electron chi connectivity index (χ1n) is 12.4. The molecule has 2 heterocycles. The van der Waals surface area contributed by atoms with E-state index in [9.17, 15) is 0 Å². The van der Waals surface area contributed by atoms with Crippen LogP contribution in [0.2, 0.25) is 0 Å². The lowest BCUT2D eigenvalue weighted by Crippen LogP contribution is -2.47. The average Bonchev–Trinajstić information content (AvgIpc) is 2.70. The van der Waals surface area contributed by atoms with E-state index in [0.29, 0.717) is 0 Å². The minimum atomic E-state index is 0.849. The maximum Gasteiger partial charge on any atom is 0.0223 e. The lowest BCUT2D eigenvalue weighted by Gasteiger charge is -2.39. The number of unbranched alkanes of at least 4 members (excludes halogenated alkanes) is 9. The van der Waals surface area contributed by atoms with Crippen LogP contribution in [-0.2, 0) is 0 Å². The monoisotopic (exact) mass is 364 g/mol. The second kappa shape index (κ2) is 14.9. The van der Waals surface area contributed by atoms with Crippen molar-refractivity contribution < 1.29 is 0 Å². The van der Waals surface area contributed by atoms with Gasteiger partial charge in [-0.05, 0) is 58.3 Å². The molecule has 0 aliphatic carbocycles. The second-order valence-corrected chi connectivity index (χ2v) is 9.08. The first-order valence-corrected chi connectivity index (χ1v) is 12.4. The topological polar surface area (TPSA) is 6.48 Å². The maximum atomic E-state index is 2.85. The number of hydrogen-bond donors (Lipinski definition) is 0. The summed E-state index contributed by atoms with van der Waals surface area (Å²) in [6, 6.07) is 0.849. The van der Waals surface area contributed by atoms with Gasteiger partial charge in [-0.2, -0.15) is 0 Å². The minimum Gasteiger partial charge on any atom is -0.302 e. The highest BCUT2D eigenvalue weighted by Gasteiger charge is 2.23. The summed E-state index contributed by atoms with van der Waals surface area (Å²) in [7, 11) is 0. The van der Waals surface area contributed by atoms with Gasteiger partial charge in [0.05, 0.1) is 0 Å². The number of piperidine rings is 2. The van der Waals surface area contributed by atoms with E-state index in [0.717, 1.165) is 6.04 Å². The van der Waals surface area contributed by atoms with Gasteiger partial charge in [0.2, 0.25) is 0 Å². The van der Waals surface area contributed by atoms with Crippen LogP contribution in [0.25, 0.3) is 0 Å². The van der Waals surface area contributed by atoms with Crippen molar-refractivity contribution in [2.45, 2.75) is 122 Å². The summed E-state index contributed by atoms with van der Waals surface area (Å²) in [6.45, 7) is 9.14. The SMILES string of the molecule is CCCCCCCCCCCCC(CN1CCCCC1)N1CCCCC1. The van der Waals surface area contributed by atoms with Crippen molar-refractivity contribution in [2.75, 3.05) is 32.7 Å². The molecule has 2 heteroatoms. The van der Waals surface area contributed by atoms with E-state index >= 15 is 0 Å². The molecule has 0 saturated carbocycles. The van der Waals surface area contributed by atoms with Gasteiger partial charge < -0.3 is 4.90 Å². The van der Waals surface area contributed by atoms with Gasteiger partial charge in [0.25, 0.3) is 0 Å². The lowest BCUT2D eigenvalue weighted by molar-refractivity contribution is 0.101. The van der Waals surface area contributed by atoms with Crippen LogP contribution in [0.3, 0.4) is 0 Å². The Kier molecular flexibility index (Phi) is 12.7. The third-order valence-electron chi connectivity index (χ3n) is 6.72. The zero-order valence-electron chi connectivity index (χ0n) is 18.0. The van der Waals surface area contributed by atoms with Gasteiger partial charge in [0.15, 0.2) is 0 Å². The number of nitrogens with zero attached hydrogens (tertiary/aromatic N) is 2. The van der Waals surface area contributed by atoms with Crippen LogP contribution < -0.4 is 0 Å². The molecule has 2 aliphatic rings. The molecule has 2 rings (SSSR count). The van der Waals surface area contributed by atoms with E-state index in [1.807, 2.05) is 0 Å². The molecule has 0 bridgehead atoms. The highest BCUT2D eigenvalue weighted by atomic mass is 15.2. The maximum absolute atomic E-state index is 2.85. The van der Waals surface area contributed by atoms with Crippen LogP contribution in [0, 0.1) is 0 Å². The Morgan fingerprint density at radius 1 is 0.577 bits per heavy atom. The summed E-state index contributed by atoms with van der Waals surface area (Å²) in [5.41, 5.74) is 0. The summed E-state index contributed by atoms with van der Waals surface area (Å²) in [5.74, 6) is 0. The van der Waals surface area contributed by atoms with Crippen LogP contribution in [-0.4, -0.2) is 48.6 Å². The third-order valence-corrected chi connectivity index (χ3v) is 6.72. The van der Waals surface area contributed by atoms with Crippen LogP contribution in [0.1, 0.15) is 116 Å². The number of rotatable bonds is 14. The van der Waals surface area contributed by atoms with Crippen LogP contribution in [0.5, 0.6) is 0 Å². The molecule has 154 valence electrons. The van der Waals surface area contributed by atoms with E-state index in [4.69, 9.17) is 0 Å². The van der Waals surface area contributed by atoms with E-state index in [1.165, 1.54) is 142 Å². The fourth-order valence-corrected chi connectivity index (χ4v) is 4.98. The third kappa shape index (κ3) is 9.74. The molecule has 2 fully saturated rings. The lowest BCUT2D eigenvalue weighted by atomic mass is 10.00. The molecule has 0 amide bonds. The Morgan fingerprint density at radius 3 is 1.65 bits per heavy atom. The fraction of sp³-hybridized carbons (Fsp3) is 1.00. The second-order valence-electron chi connectivity index (χ2n) is 9.08. The standard InChI is InChI=1S/C24H48N2/c1-2-3-4-5-6-7-8-9-10-13-18-24(26-21-16-12-17-22-26)23-25-19-14-11-15-20-25/h24H,2-23H2,1H3. The molecule has 0 spiro atoms. The fourth-order valence-electron chi connectivity index (χ4n) is 4.98. The molecular formula is C24H48N2. The minimum absolute atomic E-state index is 0.849. The number of likely N-dealkylation sites (tertiary alicyclic amines) is 2. The molecule has 0 aromatic rings. The smallest absolute Gasteiger partial charge is 0.0223 e. The molecule has 1 unspecified atom stereocenters. The van der Waals surface area contributed by atoms with Crippen LogP contribution >= 0.6 is 0 Å². The van der Waals surface area contributed by atoms with Gasteiger partial charge in [-0.1, -0.05) is 84.0 Å². The van der Waals surface area contributed by atoms with Gasteiger partial charge in [-0.3, -0.25) is 4.90 Å². The first-order chi connectivity index (χ1) is 12.9. The Labute approximate surface area is 165 Å². The van der Waals surface area contributed by atoms with Gasteiger partial charge in [0.1, 0.15) is 0 Å². The Balaban J connectivity index is 1.56. The van der Waals surface area contributed by atoms with Crippen molar-refractivity contribution in [2.24, 2.45) is 0 Å². The van der Waals surface area contributed by atoms with Crippen molar-refractivity contribution in [1.82, 2.24) is 9.80 Å². The van der Waals surface area contributed by atoms with Gasteiger partial charge in [0, 0.05) is 12.6 Å².